The fourth-order valence-electron chi connectivity index (χ4n) is 1.17. The highest BCUT2D eigenvalue weighted by Crippen LogP contribution is 2.19. The SMILES string of the molecule is C=CCC(C)/C(C)=C(/C#N)C(=O)OCC. The van der Waals surface area contributed by atoms with E-state index in [1.165, 1.54) is 0 Å². The van der Waals surface area contributed by atoms with Gasteiger partial charge in [0.1, 0.15) is 11.6 Å². The summed E-state index contributed by atoms with van der Waals surface area (Å²) in [5.41, 5.74) is 0.877. The molecule has 0 bridgehead atoms. The van der Waals surface area contributed by atoms with Crippen LogP contribution in [0.25, 0.3) is 0 Å². The molecule has 0 radical (unpaired) electrons. The lowest BCUT2D eigenvalue weighted by atomic mass is 9.95. The summed E-state index contributed by atoms with van der Waals surface area (Å²) in [6.45, 7) is 9.36. The Morgan fingerprint density at radius 3 is 2.67 bits per heavy atom. The van der Waals surface area contributed by atoms with Gasteiger partial charge in [-0.1, -0.05) is 13.0 Å². The summed E-state index contributed by atoms with van der Waals surface area (Å²) in [4.78, 5) is 11.4. The van der Waals surface area contributed by atoms with Crippen LogP contribution in [0.1, 0.15) is 27.2 Å². The Morgan fingerprint density at radius 1 is 1.67 bits per heavy atom. The Bertz CT molecular complexity index is 310. The number of esters is 1. The van der Waals surface area contributed by atoms with Crippen LogP contribution in [0.2, 0.25) is 0 Å². The van der Waals surface area contributed by atoms with Gasteiger partial charge in [0.15, 0.2) is 0 Å². The van der Waals surface area contributed by atoms with Crippen molar-refractivity contribution < 1.29 is 9.53 Å². The van der Waals surface area contributed by atoms with E-state index >= 15 is 0 Å². The lowest BCUT2D eigenvalue weighted by Gasteiger charge is -2.11. The van der Waals surface area contributed by atoms with E-state index in [1.54, 1.807) is 19.9 Å². The highest BCUT2D eigenvalue weighted by atomic mass is 16.5. The molecule has 0 spiro atoms. The first-order valence-electron chi connectivity index (χ1n) is 4.97. The number of allylic oxidation sites excluding steroid dienone is 2. The Morgan fingerprint density at radius 2 is 2.27 bits per heavy atom. The highest BCUT2D eigenvalue weighted by molar-refractivity contribution is 5.93. The fourth-order valence-corrected chi connectivity index (χ4v) is 1.17. The minimum Gasteiger partial charge on any atom is -0.462 e. The molecule has 15 heavy (non-hydrogen) atoms. The molecule has 0 aromatic heterocycles. The summed E-state index contributed by atoms with van der Waals surface area (Å²) in [5.74, 6) is -0.394. The Balaban J connectivity index is 4.90. The number of nitrogens with zero attached hydrogens (tertiary/aromatic N) is 1. The van der Waals surface area contributed by atoms with Gasteiger partial charge in [-0.25, -0.2) is 4.79 Å². The van der Waals surface area contributed by atoms with Gasteiger partial charge in [-0.15, -0.1) is 6.58 Å². The lowest BCUT2D eigenvalue weighted by Crippen LogP contribution is -2.11. The van der Waals surface area contributed by atoms with Crippen LogP contribution in [-0.4, -0.2) is 12.6 Å². The van der Waals surface area contributed by atoms with Crippen molar-refractivity contribution in [2.75, 3.05) is 6.61 Å². The van der Waals surface area contributed by atoms with Crippen molar-refractivity contribution in [3.63, 3.8) is 0 Å². The Labute approximate surface area is 91.0 Å². The maximum absolute atomic E-state index is 11.4. The van der Waals surface area contributed by atoms with Crippen LogP contribution in [0, 0.1) is 17.2 Å². The first-order chi connectivity index (χ1) is 7.08. The normalized spacial score (nSPS) is 13.5. The average molecular weight is 207 g/mol. The van der Waals surface area contributed by atoms with Gasteiger partial charge in [0, 0.05) is 0 Å². The Kier molecular flexibility index (Phi) is 6.12. The molecule has 0 aromatic rings. The second-order valence-corrected chi connectivity index (χ2v) is 3.32. The number of carbonyl (C=O) groups is 1. The molecule has 0 fully saturated rings. The summed E-state index contributed by atoms with van der Waals surface area (Å²) < 4.78 is 4.80. The number of ether oxygens (including phenoxy) is 1. The predicted octanol–water partition coefficient (Wildman–Crippen LogP) is 2.60. The molecule has 0 amide bonds. The molecular formula is C12H17NO2. The molecule has 0 aliphatic carbocycles. The smallest absolute Gasteiger partial charge is 0.348 e. The molecule has 3 heteroatoms. The van der Waals surface area contributed by atoms with E-state index in [9.17, 15) is 4.79 Å². The summed E-state index contributed by atoms with van der Waals surface area (Å²) in [6, 6.07) is 1.90. The van der Waals surface area contributed by atoms with Gasteiger partial charge >= 0.3 is 5.97 Å². The molecule has 0 aliphatic rings. The molecule has 0 heterocycles. The molecule has 1 unspecified atom stereocenters. The van der Waals surface area contributed by atoms with E-state index < -0.39 is 5.97 Å². The van der Waals surface area contributed by atoms with Crippen molar-refractivity contribution in [1.82, 2.24) is 0 Å². The zero-order chi connectivity index (χ0) is 11.8. The second kappa shape index (κ2) is 6.83. The van der Waals surface area contributed by atoms with Gasteiger partial charge in [-0.3, -0.25) is 0 Å². The first kappa shape index (κ1) is 13.4. The lowest BCUT2D eigenvalue weighted by molar-refractivity contribution is -0.138. The monoisotopic (exact) mass is 207 g/mol. The van der Waals surface area contributed by atoms with Crippen LogP contribution in [0.15, 0.2) is 23.8 Å². The standard InChI is InChI=1S/C12H17NO2/c1-5-7-9(3)10(4)11(8-13)12(14)15-6-2/h5,9H,1,6-7H2,2-4H3/b11-10-. The predicted molar refractivity (Wildman–Crippen MR) is 58.9 cm³/mol. The van der Waals surface area contributed by atoms with Crippen molar-refractivity contribution in [3.8, 4) is 6.07 Å². The maximum Gasteiger partial charge on any atom is 0.348 e. The summed E-state index contributed by atoms with van der Waals surface area (Å²) in [6.07, 6.45) is 2.52. The fraction of sp³-hybridized carbons (Fsp3) is 0.500. The summed E-state index contributed by atoms with van der Waals surface area (Å²) in [7, 11) is 0. The maximum atomic E-state index is 11.4. The van der Waals surface area contributed by atoms with E-state index in [-0.39, 0.29) is 18.1 Å². The molecule has 3 nitrogen and oxygen atoms in total. The number of hydrogen-bond acceptors (Lipinski definition) is 3. The third kappa shape index (κ3) is 3.99. The third-order valence-electron chi connectivity index (χ3n) is 2.25. The van der Waals surface area contributed by atoms with Crippen molar-refractivity contribution in [1.29, 1.82) is 5.26 Å². The minimum absolute atomic E-state index is 0.117. The van der Waals surface area contributed by atoms with E-state index in [2.05, 4.69) is 6.58 Å². The van der Waals surface area contributed by atoms with Gasteiger partial charge in [-0.2, -0.15) is 5.26 Å². The molecule has 0 aromatic carbocycles. The molecule has 0 saturated heterocycles. The minimum atomic E-state index is -0.534. The van der Waals surface area contributed by atoms with Crippen molar-refractivity contribution in [3.05, 3.63) is 23.8 Å². The van der Waals surface area contributed by atoms with E-state index in [1.807, 2.05) is 13.0 Å². The van der Waals surface area contributed by atoms with E-state index in [0.29, 0.717) is 0 Å². The highest BCUT2D eigenvalue weighted by Gasteiger charge is 2.16. The molecule has 0 aliphatic heterocycles. The molecule has 82 valence electrons. The molecule has 0 N–H and O–H groups in total. The van der Waals surface area contributed by atoms with Crippen LogP contribution in [0.5, 0.6) is 0 Å². The summed E-state index contributed by atoms with van der Waals surface area (Å²) in [5, 5.41) is 8.88. The Hall–Kier alpha value is -1.56. The number of rotatable bonds is 5. The number of carbonyl (C=O) groups excluding carboxylic acids is 1. The third-order valence-corrected chi connectivity index (χ3v) is 2.25. The van der Waals surface area contributed by atoms with Gasteiger partial charge in [0.05, 0.1) is 6.61 Å². The van der Waals surface area contributed by atoms with Crippen LogP contribution >= 0.6 is 0 Å². The van der Waals surface area contributed by atoms with Gasteiger partial charge in [0.25, 0.3) is 0 Å². The van der Waals surface area contributed by atoms with Crippen LogP contribution in [0.3, 0.4) is 0 Å². The quantitative estimate of drug-likeness (QED) is 0.301. The zero-order valence-electron chi connectivity index (χ0n) is 9.54. The van der Waals surface area contributed by atoms with Crippen LogP contribution in [0.4, 0.5) is 0 Å². The van der Waals surface area contributed by atoms with Crippen LogP contribution < -0.4 is 0 Å². The summed E-state index contributed by atoms with van der Waals surface area (Å²) >= 11 is 0. The van der Waals surface area contributed by atoms with Crippen molar-refractivity contribution >= 4 is 5.97 Å². The zero-order valence-corrected chi connectivity index (χ0v) is 9.54. The van der Waals surface area contributed by atoms with Crippen molar-refractivity contribution in [2.45, 2.75) is 27.2 Å². The van der Waals surface area contributed by atoms with Gasteiger partial charge in [-0.05, 0) is 31.8 Å². The average Bonchev–Trinajstić information content (AvgIpc) is 2.19. The first-order valence-corrected chi connectivity index (χ1v) is 4.97. The largest absolute Gasteiger partial charge is 0.462 e. The van der Waals surface area contributed by atoms with Gasteiger partial charge < -0.3 is 4.74 Å². The molecule has 0 rings (SSSR count). The topological polar surface area (TPSA) is 50.1 Å². The second-order valence-electron chi connectivity index (χ2n) is 3.32. The molecule has 0 saturated carbocycles. The number of hydrogen-bond donors (Lipinski definition) is 0. The van der Waals surface area contributed by atoms with E-state index in [4.69, 9.17) is 10.00 Å². The van der Waals surface area contributed by atoms with E-state index in [0.717, 1.165) is 12.0 Å². The number of nitriles is 1. The van der Waals surface area contributed by atoms with Crippen LogP contribution in [-0.2, 0) is 9.53 Å². The van der Waals surface area contributed by atoms with Crippen molar-refractivity contribution in [2.24, 2.45) is 5.92 Å². The molecular weight excluding hydrogens is 190 g/mol. The molecule has 1 atom stereocenters. The van der Waals surface area contributed by atoms with Gasteiger partial charge in [0.2, 0.25) is 0 Å².